The van der Waals surface area contributed by atoms with Gasteiger partial charge < -0.3 is 10.4 Å². The van der Waals surface area contributed by atoms with Crippen LogP contribution >= 0.6 is 0 Å². The predicted octanol–water partition coefficient (Wildman–Crippen LogP) is 1.11. The molecule has 0 aliphatic heterocycles. The van der Waals surface area contributed by atoms with Crippen molar-refractivity contribution in [1.82, 2.24) is 20.1 Å². The second-order valence-electron chi connectivity index (χ2n) is 4.34. The van der Waals surface area contributed by atoms with Crippen molar-refractivity contribution in [1.29, 1.82) is 0 Å². The summed E-state index contributed by atoms with van der Waals surface area (Å²) in [4.78, 5) is 14.9. The molecule has 2 aromatic heterocycles. The summed E-state index contributed by atoms with van der Waals surface area (Å²) in [6.45, 7) is 3.16. The molecule has 0 bridgehead atoms. The van der Waals surface area contributed by atoms with Gasteiger partial charge in [-0.3, -0.25) is 4.68 Å². The first-order chi connectivity index (χ1) is 9.06. The molecule has 2 rings (SSSR count). The SMILES string of the molecule is Cc1nn(C)cc1CNCc1cccc(C(=O)O)n1. The number of aromatic nitrogens is 3. The molecule has 0 saturated heterocycles. The topological polar surface area (TPSA) is 80.0 Å². The van der Waals surface area contributed by atoms with E-state index in [-0.39, 0.29) is 5.69 Å². The maximum Gasteiger partial charge on any atom is 0.354 e. The highest BCUT2D eigenvalue weighted by Gasteiger charge is 2.06. The molecule has 0 unspecified atom stereocenters. The zero-order valence-electron chi connectivity index (χ0n) is 10.9. The largest absolute Gasteiger partial charge is 0.477 e. The summed E-state index contributed by atoms with van der Waals surface area (Å²) in [5, 5.41) is 16.3. The molecule has 0 aromatic carbocycles. The minimum Gasteiger partial charge on any atom is -0.477 e. The van der Waals surface area contributed by atoms with Crippen LogP contribution in [0.2, 0.25) is 0 Å². The number of hydrogen-bond donors (Lipinski definition) is 2. The number of carboxylic acid groups (broad SMARTS) is 1. The van der Waals surface area contributed by atoms with Gasteiger partial charge in [0.1, 0.15) is 5.69 Å². The highest BCUT2D eigenvalue weighted by molar-refractivity contribution is 5.85. The van der Waals surface area contributed by atoms with Gasteiger partial charge in [-0.1, -0.05) is 6.07 Å². The van der Waals surface area contributed by atoms with Gasteiger partial charge in [-0.05, 0) is 19.1 Å². The molecule has 6 nitrogen and oxygen atoms in total. The van der Waals surface area contributed by atoms with Gasteiger partial charge in [0.05, 0.1) is 11.4 Å². The van der Waals surface area contributed by atoms with E-state index in [2.05, 4.69) is 15.4 Å². The van der Waals surface area contributed by atoms with Crippen LogP contribution in [0, 0.1) is 6.92 Å². The van der Waals surface area contributed by atoms with Gasteiger partial charge in [-0.2, -0.15) is 5.10 Å². The quantitative estimate of drug-likeness (QED) is 0.841. The highest BCUT2D eigenvalue weighted by Crippen LogP contribution is 2.05. The van der Waals surface area contributed by atoms with Crippen LogP contribution in [0.15, 0.2) is 24.4 Å². The van der Waals surface area contributed by atoms with Gasteiger partial charge in [0.25, 0.3) is 0 Å². The standard InChI is InChI=1S/C13H16N4O2/c1-9-10(8-17(2)16-9)6-14-7-11-4-3-5-12(15-11)13(18)19/h3-5,8,14H,6-7H2,1-2H3,(H,18,19). The Labute approximate surface area is 111 Å². The van der Waals surface area contributed by atoms with Gasteiger partial charge >= 0.3 is 5.97 Å². The van der Waals surface area contributed by atoms with E-state index < -0.39 is 5.97 Å². The van der Waals surface area contributed by atoms with Crippen molar-refractivity contribution >= 4 is 5.97 Å². The molecule has 2 heterocycles. The highest BCUT2D eigenvalue weighted by atomic mass is 16.4. The Hall–Kier alpha value is -2.21. The third-order valence-electron chi connectivity index (χ3n) is 2.76. The van der Waals surface area contributed by atoms with Gasteiger partial charge in [0.2, 0.25) is 0 Å². The maximum atomic E-state index is 10.8. The average molecular weight is 260 g/mol. The molecular weight excluding hydrogens is 244 g/mol. The van der Waals surface area contributed by atoms with E-state index in [1.165, 1.54) is 6.07 Å². The number of aromatic carboxylic acids is 1. The molecule has 100 valence electrons. The van der Waals surface area contributed by atoms with Crippen LogP contribution in [0.25, 0.3) is 0 Å². The lowest BCUT2D eigenvalue weighted by Gasteiger charge is -2.04. The number of nitrogens with zero attached hydrogens (tertiary/aromatic N) is 3. The number of aryl methyl sites for hydroxylation is 2. The normalized spacial score (nSPS) is 10.6. The second kappa shape index (κ2) is 5.62. The van der Waals surface area contributed by atoms with Crippen LogP contribution < -0.4 is 5.32 Å². The van der Waals surface area contributed by atoms with Crippen molar-refractivity contribution in [3.8, 4) is 0 Å². The van der Waals surface area contributed by atoms with E-state index in [0.29, 0.717) is 18.8 Å². The lowest BCUT2D eigenvalue weighted by molar-refractivity contribution is 0.0690. The first kappa shape index (κ1) is 13.2. The molecule has 0 fully saturated rings. The van der Waals surface area contributed by atoms with Crippen LogP contribution in [0.4, 0.5) is 0 Å². The zero-order valence-corrected chi connectivity index (χ0v) is 10.9. The Bertz CT molecular complexity index is 592. The molecule has 6 heteroatoms. The van der Waals surface area contributed by atoms with Crippen LogP contribution in [0.1, 0.15) is 27.4 Å². The summed E-state index contributed by atoms with van der Waals surface area (Å²) in [7, 11) is 1.88. The van der Waals surface area contributed by atoms with Gasteiger partial charge in [-0.15, -0.1) is 0 Å². The van der Waals surface area contributed by atoms with Crippen molar-refractivity contribution in [2.75, 3.05) is 0 Å². The van der Waals surface area contributed by atoms with Gasteiger partial charge in [0.15, 0.2) is 0 Å². The number of carbonyl (C=O) groups is 1. The molecule has 0 aliphatic rings. The Morgan fingerprint density at radius 2 is 2.21 bits per heavy atom. The third-order valence-corrected chi connectivity index (χ3v) is 2.76. The van der Waals surface area contributed by atoms with Gasteiger partial charge in [-0.25, -0.2) is 9.78 Å². The molecule has 0 spiro atoms. The molecule has 0 amide bonds. The Morgan fingerprint density at radius 1 is 1.42 bits per heavy atom. The Balaban J connectivity index is 1.94. The molecule has 19 heavy (non-hydrogen) atoms. The van der Waals surface area contributed by atoms with Gasteiger partial charge in [0, 0.05) is 31.9 Å². The third kappa shape index (κ3) is 3.38. The molecule has 2 aromatic rings. The maximum absolute atomic E-state index is 10.8. The summed E-state index contributed by atoms with van der Waals surface area (Å²) in [5.74, 6) is -1.01. The molecule has 2 N–H and O–H groups in total. The fraction of sp³-hybridized carbons (Fsp3) is 0.308. The molecule has 0 aliphatic carbocycles. The van der Waals surface area contributed by atoms with E-state index in [1.54, 1.807) is 16.8 Å². The molecule has 0 radical (unpaired) electrons. The smallest absolute Gasteiger partial charge is 0.354 e. The summed E-state index contributed by atoms with van der Waals surface area (Å²) >= 11 is 0. The first-order valence-electron chi connectivity index (χ1n) is 5.95. The number of hydrogen-bond acceptors (Lipinski definition) is 4. The molecular formula is C13H16N4O2. The summed E-state index contributed by atoms with van der Waals surface area (Å²) in [6.07, 6.45) is 1.96. The van der Waals surface area contributed by atoms with Crippen LogP contribution in [-0.4, -0.2) is 25.8 Å². The summed E-state index contributed by atoms with van der Waals surface area (Å²) in [5.41, 5.74) is 2.89. The van der Waals surface area contributed by atoms with Crippen molar-refractivity contribution < 1.29 is 9.90 Å². The monoisotopic (exact) mass is 260 g/mol. The van der Waals surface area contributed by atoms with Crippen molar-refractivity contribution in [3.63, 3.8) is 0 Å². The van der Waals surface area contributed by atoms with E-state index in [0.717, 1.165) is 11.3 Å². The summed E-state index contributed by atoms with van der Waals surface area (Å²) < 4.78 is 1.77. The van der Waals surface area contributed by atoms with Crippen molar-refractivity contribution in [2.24, 2.45) is 7.05 Å². The zero-order chi connectivity index (χ0) is 13.8. The van der Waals surface area contributed by atoms with E-state index in [4.69, 9.17) is 5.11 Å². The Morgan fingerprint density at radius 3 is 2.84 bits per heavy atom. The minimum atomic E-state index is -1.01. The molecule has 0 atom stereocenters. The first-order valence-corrected chi connectivity index (χ1v) is 5.95. The van der Waals surface area contributed by atoms with Crippen molar-refractivity contribution in [3.05, 3.63) is 47.0 Å². The summed E-state index contributed by atoms with van der Waals surface area (Å²) in [6, 6.07) is 4.98. The minimum absolute atomic E-state index is 0.0665. The van der Waals surface area contributed by atoms with Crippen LogP contribution in [-0.2, 0) is 20.1 Å². The fourth-order valence-corrected chi connectivity index (χ4v) is 1.84. The number of pyridine rings is 1. The fourth-order valence-electron chi connectivity index (χ4n) is 1.84. The van der Waals surface area contributed by atoms with Crippen LogP contribution in [0.5, 0.6) is 0 Å². The van der Waals surface area contributed by atoms with Crippen molar-refractivity contribution in [2.45, 2.75) is 20.0 Å². The number of carboxylic acids is 1. The number of rotatable bonds is 5. The van der Waals surface area contributed by atoms with E-state index in [9.17, 15) is 4.79 Å². The van der Waals surface area contributed by atoms with E-state index in [1.807, 2.05) is 20.2 Å². The Kier molecular flexibility index (Phi) is 3.91. The lowest BCUT2D eigenvalue weighted by Crippen LogP contribution is -2.15. The van der Waals surface area contributed by atoms with E-state index >= 15 is 0 Å². The number of nitrogens with one attached hydrogen (secondary N) is 1. The second-order valence-corrected chi connectivity index (χ2v) is 4.34. The lowest BCUT2D eigenvalue weighted by atomic mass is 10.2. The molecule has 0 saturated carbocycles. The predicted molar refractivity (Wildman–Crippen MR) is 69.7 cm³/mol. The average Bonchev–Trinajstić information content (AvgIpc) is 2.68. The van der Waals surface area contributed by atoms with Crippen LogP contribution in [0.3, 0.4) is 0 Å².